The molecule has 1 aliphatic carbocycles. The fraction of sp³-hybridized carbons (Fsp3) is 0.769. The summed E-state index contributed by atoms with van der Waals surface area (Å²) < 4.78 is 0. The molecule has 1 fully saturated rings. The monoisotopic (exact) mass is 226 g/mol. The van der Waals surface area contributed by atoms with Gasteiger partial charge in [-0.2, -0.15) is 0 Å². The summed E-state index contributed by atoms with van der Waals surface area (Å²) in [6.45, 7) is 9.86. The normalized spacial score (nSPS) is 33.4. The highest BCUT2D eigenvalue weighted by atomic mass is 16.4. The van der Waals surface area contributed by atoms with Gasteiger partial charge in [0.25, 0.3) is 0 Å². The van der Waals surface area contributed by atoms with E-state index in [2.05, 4.69) is 27.4 Å². The molecule has 0 aromatic rings. The van der Waals surface area contributed by atoms with Gasteiger partial charge in [0.15, 0.2) is 0 Å². The van der Waals surface area contributed by atoms with Gasteiger partial charge in [0.1, 0.15) is 0 Å². The molecule has 92 valence electrons. The van der Waals surface area contributed by atoms with Gasteiger partial charge in [0.2, 0.25) is 0 Å². The summed E-state index contributed by atoms with van der Waals surface area (Å²) in [6.07, 6.45) is 2.57. The van der Waals surface area contributed by atoms with Gasteiger partial charge in [0.05, 0.1) is 5.60 Å². The molecular formula is C13H22O3. The van der Waals surface area contributed by atoms with Crippen molar-refractivity contribution in [2.45, 2.75) is 52.1 Å². The zero-order chi connectivity index (χ0) is 12.6. The molecule has 3 heteroatoms. The molecule has 2 atom stereocenters. The highest BCUT2D eigenvalue weighted by Gasteiger charge is 2.42. The van der Waals surface area contributed by atoms with E-state index in [9.17, 15) is 9.90 Å². The van der Waals surface area contributed by atoms with Gasteiger partial charge in [-0.15, -0.1) is 0 Å². The number of carboxylic acids is 1. The summed E-state index contributed by atoms with van der Waals surface area (Å²) >= 11 is 0. The van der Waals surface area contributed by atoms with Crippen LogP contribution in [0.3, 0.4) is 0 Å². The number of carbonyl (C=O) groups is 1. The van der Waals surface area contributed by atoms with Gasteiger partial charge in [-0.1, -0.05) is 27.4 Å². The Morgan fingerprint density at radius 3 is 2.44 bits per heavy atom. The quantitative estimate of drug-likeness (QED) is 0.727. The van der Waals surface area contributed by atoms with Crippen LogP contribution in [0, 0.1) is 11.3 Å². The van der Waals surface area contributed by atoms with E-state index >= 15 is 0 Å². The minimum absolute atomic E-state index is 0.0746. The number of rotatable bonds is 3. The lowest BCUT2D eigenvalue weighted by Crippen LogP contribution is -2.42. The van der Waals surface area contributed by atoms with Crippen LogP contribution in [0.25, 0.3) is 0 Å². The lowest BCUT2D eigenvalue weighted by molar-refractivity contribution is -0.134. The minimum atomic E-state index is -1.01. The molecule has 0 heterocycles. The van der Waals surface area contributed by atoms with Crippen LogP contribution in [0.15, 0.2) is 12.2 Å². The number of hydrogen-bond acceptors (Lipinski definition) is 2. The maximum atomic E-state index is 10.7. The van der Waals surface area contributed by atoms with Gasteiger partial charge >= 0.3 is 5.97 Å². The smallest absolute Gasteiger partial charge is 0.331 e. The van der Waals surface area contributed by atoms with Gasteiger partial charge in [0, 0.05) is 12.0 Å². The molecule has 0 aliphatic heterocycles. The molecule has 0 radical (unpaired) electrons. The number of aliphatic carboxylic acids is 1. The first-order valence-electron chi connectivity index (χ1n) is 5.77. The molecule has 2 unspecified atom stereocenters. The summed E-state index contributed by atoms with van der Waals surface area (Å²) in [4.78, 5) is 10.7. The number of hydrogen-bond donors (Lipinski definition) is 2. The first kappa shape index (κ1) is 13.2. The predicted molar refractivity (Wildman–Crippen MR) is 63.1 cm³/mol. The lowest BCUT2D eigenvalue weighted by Gasteiger charge is -2.44. The molecule has 2 N–H and O–H groups in total. The summed E-state index contributed by atoms with van der Waals surface area (Å²) in [5.41, 5.74) is -0.714. The molecule has 0 saturated heterocycles. The molecule has 0 spiro atoms. The van der Waals surface area contributed by atoms with E-state index in [0.29, 0.717) is 18.8 Å². The van der Waals surface area contributed by atoms with Gasteiger partial charge < -0.3 is 10.2 Å². The van der Waals surface area contributed by atoms with Gasteiger partial charge in [-0.3, -0.25) is 0 Å². The van der Waals surface area contributed by atoms with Crippen LogP contribution in [0.2, 0.25) is 0 Å². The van der Waals surface area contributed by atoms with Crippen molar-refractivity contribution in [3.63, 3.8) is 0 Å². The second kappa shape index (κ2) is 4.21. The van der Waals surface area contributed by atoms with E-state index in [0.717, 1.165) is 6.42 Å². The second-order valence-electron chi connectivity index (χ2n) is 6.16. The van der Waals surface area contributed by atoms with E-state index in [1.54, 1.807) is 0 Å². The molecule has 1 aliphatic rings. The molecule has 16 heavy (non-hydrogen) atoms. The molecule has 1 rings (SSSR count). The fourth-order valence-corrected chi connectivity index (χ4v) is 3.31. The third kappa shape index (κ3) is 3.34. The Bertz CT molecular complexity index is 306. The largest absolute Gasteiger partial charge is 0.478 e. The van der Waals surface area contributed by atoms with Crippen molar-refractivity contribution in [2.24, 2.45) is 11.3 Å². The number of aliphatic hydroxyl groups is 1. The highest BCUT2D eigenvalue weighted by molar-refractivity contribution is 5.85. The summed E-state index contributed by atoms with van der Waals surface area (Å²) in [5, 5.41) is 19.3. The summed E-state index contributed by atoms with van der Waals surface area (Å²) in [5.74, 6) is -0.584. The van der Waals surface area contributed by atoms with Crippen molar-refractivity contribution < 1.29 is 15.0 Å². The number of carboxylic acid groups (broad SMARTS) is 1. The van der Waals surface area contributed by atoms with E-state index in [1.807, 2.05) is 0 Å². The van der Waals surface area contributed by atoms with Crippen molar-refractivity contribution in [1.82, 2.24) is 0 Å². The molecule has 1 saturated carbocycles. The first-order chi connectivity index (χ1) is 7.14. The maximum absolute atomic E-state index is 10.7. The Morgan fingerprint density at radius 1 is 1.44 bits per heavy atom. The van der Waals surface area contributed by atoms with Crippen LogP contribution in [-0.4, -0.2) is 21.8 Å². The zero-order valence-corrected chi connectivity index (χ0v) is 10.4. The third-order valence-corrected chi connectivity index (χ3v) is 3.28. The summed E-state index contributed by atoms with van der Waals surface area (Å²) in [7, 11) is 0. The molecule has 3 nitrogen and oxygen atoms in total. The Hall–Kier alpha value is -0.830. The Balaban J connectivity index is 2.76. The van der Waals surface area contributed by atoms with Crippen LogP contribution in [0.1, 0.15) is 46.5 Å². The predicted octanol–water partition coefficient (Wildman–Crippen LogP) is 2.59. The van der Waals surface area contributed by atoms with Crippen molar-refractivity contribution in [1.29, 1.82) is 0 Å². The Morgan fingerprint density at radius 2 is 2.00 bits per heavy atom. The average Bonchev–Trinajstić information content (AvgIpc) is 1.96. The average molecular weight is 226 g/mol. The molecule has 0 amide bonds. The van der Waals surface area contributed by atoms with E-state index in [4.69, 9.17) is 5.11 Å². The van der Waals surface area contributed by atoms with Crippen molar-refractivity contribution in [2.75, 3.05) is 0 Å². The lowest BCUT2D eigenvalue weighted by atomic mass is 9.64. The fourth-order valence-electron chi connectivity index (χ4n) is 3.31. The van der Waals surface area contributed by atoms with Crippen LogP contribution in [0.5, 0.6) is 0 Å². The zero-order valence-electron chi connectivity index (χ0n) is 10.4. The molecule has 0 aromatic carbocycles. The second-order valence-corrected chi connectivity index (χ2v) is 6.16. The third-order valence-electron chi connectivity index (χ3n) is 3.28. The van der Waals surface area contributed by atoms with E-state index in [-0.39, 0.29) is 17.4 Å². The Kier molecular flexibility index (Phi) is 3.48. The van der Waals surface area contributed by atoms with E-state index in [1.165, 1.54) is 0 Å². The molecule has 0 bridgehead atoms. The molecule has 0 aromatic heterocycles. The topological polar surface area (TPSA) is 57.5 Å². The Labute approximate surface area is 97.2 Å². The van der Waals surface area contributed by atoms with Gasteiger partial charge in [-0.05, 0) is 30.6 Å². The minimum Gasteiger partial charge on any atom is -0.478 e. The van der Waals surface area contributed by atoms with Crippen molar-refractivity contribution in [3.05, 3.63) is 12.2 Å². The van der Waals surface area contributed by atoms with Crippen LogP contribution >= 0.6 is 0 Å². The highest BCUT2D eigenvalue weighted by Crippen LogP contribution is 2.45. The van der Waals surface area contributed by atoms with Crippen molar-refractivity contribution >= 4 is 5.97 Å². The van der Waals surface area contributed by atoms with Crippen LogP contribution in [-0.2, 0) is 4.79 Å². The van der Waals surface area contributed by atoms with E-state index < -0.39 is 11.6 Å². The van der Waals surface area contributed by atoms with Crippen LogP contribution in [0.4, 0.5) is 0 Å². The maximum Gasteiger partial charge on any atom is 0.331 e. The standard InChI is InChI=1S/C13H22O3/c1-9-5-12(3,4)8-13(16,6-9)7-10(2)11(14)15/h9,16H,2,5-8H2,1,3-4H3,(H,14,15). The van der Waals surface area contributed by atoms with Crippen molar-refractivity contribution in [3.8, 4) is 0 Å². The van der Waals surface area contributed by atoms with Gasteiger partial charge in [-0.25, -0.2) is 4.79 Å². The summed E-state index contributed by atoms with van der Waals surface area (Å²) in [6, 6.07) is 0. The SMILES string of the molecule is C=C(CC1(O)CC(C)CC(C)(C)C1)C(=O)O. The van der Waals surface area contributed by atoms with Crippen LogP contribution < -0.4 is 0 Å². The first-order valence-corrected chi connectivity index (χ1v) is 5.77. The molecular weight excluding hydrogens is 204 g/mol.